The van der Waals surface area contributed by atoms with Gasteiger partial charge in [0.05, 0.1) is 18.4 Å². The van der Waals surface area contributed by atoms with Crippen LogP contribution < -0.4 is 16.0 Å². The van der Waals surface area contributed by atoms with Crippen molar-refractivity contribution >= 4 is 45.8 Å². The number of thiazole rings is 1. The number of amides is 3. The molecule has 0 radical (unpaired) electrons. The van der Waals surface area contributed by atoms with E-state index in [9.17, 15) is 19.2 Å². The number of anilines is 2. The lowest BCUT2D eigenvalue weighted by Crippen LogP contribution is -2.41. The Hall–Kier alpha value is -3.27. The van der Waals surface area contributed by atoms with Gasteiger partial charge in [-0.15, -0.1) is 11.3 Å². The smallest absolute Gasteiger partial charge is 0.357 e. The summed E-state index contributed by atoms with van der Waals surface area (Å²) in [7, 11) is 1.28. The number of nitrogens with one attached hydrogen (secondary N) is 3. The van der Waals surface area contributed by atoms with Crippen LogP contribution in [0.5, 0.6) is 0 Å². The molecule has 0 fully saturated rings. The molecule has 0 saturated heterocycles. The molecular formula is C20H22N4O5S. The lowest BCUT2D eigenvalue weighted by molar-refractivity contribution is -0.118. The average Bonchev–Trinajstić information content (AvgIpc) is 3.07. The lowest BCUT2D eigenvalue weighted by atomic mass is 10.1. The second kappa shape index (κ2) is 9.49. The molecule has 0 spiro atoms. The molecule has 1 atom stereocenters. The number of methoxy groups -OCH3 is 1. The molecule has 9 nitrogen and oxygen atoms in total. The summed E-state index contributed by atoms with van der Waals surface area (Å²) < 4.78 is 4.74. The number of aryl methyl sites for hydroxylation is 1. The van der Waals surface area contributed by atoms with E-state index in [1.807, 2.05) is 6.92 Å². The topological polar surface area (TPSA) is 126 Å². The van der Waals surface area contributed by atoms with E-state index in [0.29, 0.717) is 22.8 Å². The van der Waals surface area contributed by atoms with Gasteiger partial charge in [-0.3, -0.25) is 14.4 Å². The van der Waals surface area contributed by atoms with E-state index in [1.165, 1.54) is 18.4 Å². The third-order valence-electron chi connectivity index (χ3n) is 4.51. The number of para-hydroxylation sites is 1. The predicted molar refractivity (Wildman–Crippen MR) is 112 cm³/mol. The summed E-state index contributed by atoms with van der Waals surface area (Å²) in [5.41, 5.74) is 1.01. The van der Waals surface area contributed by atoms with E-state index in [0.717, 1.165) is 11.3 Å². The number of nitrogens with zero attached hydrogens (tertiary/aromatic N) is 1. The van der Waals surface area contributed by atoms with Gasteiger partial charge in [0.15, 0.2) is 10.8 Å². The molecule has 0 aliphatic carbocycles. The fourth-order valence-electron chi connectivity index (χ4n) is 3.03. The molecule has 1 aliphatic heterocycles. The van der Waals surface area contributed by atoms with Gasteiger partial charge in [-0.1, -0.05) is 25.5 Å². The van der Waals surface area contributed by atoms with Crippen molar-refractivity contribution in [2.45, 2.75) is 38.6 Å². The van der Waals surface area contributed by atoms with E-state index in [2.05, 4.69) is 20.9 Å². The molecule has 3 amide bonds. The van der Waals surface area contributed by atoms with Crippen LogP contribution in [0.4, 0.5) is 10.8 Å². The van der Waals surface area contributed by atoms with Crippen molar-refractivity contribution in [1.29, 1.82) is 0 Å². The van der Waals surface area contributed by atoms with E-state index in [4.69, 9.17) is 4.74 Å². The van der Waals surface area contributed by atoms with Crippen molar-refractivity contribution in [2.75, 3.05) is 17.7 Å². The van der Waals surface area contributed by atoms with Gasteiger partial charge in [-0.05, 0) is 25.0 Å². The van der Waals surface area contributed by atoms with Crippen molar-refractivity contribution < 1.29 is 23.9 Å². The minimum Gasteiger partial charge on any atom is -0.464 e. The number of carbonyl (C=O) groups is 4. The Morgan fingerprint density at radius 1 is 1.27 bits per heavy atom. The number of hydrogen-bond acceptors (Lipinski definition) is 7. The first-order valence-corrected chi connectivity index (χ1v) is 10.3. The number of esters is 1. The molecule has 1 aromatic carbocycles. The van der Waals surface area contributed by atoms with E-state index < -0.39 is 12.0 Å². The third kappa shape index (κ3) is 4.82. The molecule has 1 aromatic heterocycles. The van der Waals surface area contributed by atoms with Crippen LogP contribution in [0.15, 0.2) is 24.3 Å². The fraction of sp³-hybridized carbons (Fsp3) is 0.350. The molecule has 3 N–H and O–H groups in total. The highest BCUT2D eigenvalue weighted by Crippen LogP contribution is 2.25. The van der Waals surface area contributed by atoms with Crippen molar-refractivity contribution in [3.63, 3.8) is 0 Å². The molecule has 1 aliphatic rings. The zero-order valence-corrected chi connectivity index (χ0v) is 17.4. The standard InChI is InChI=1S/C20H22N4O5S/c1-3-6-14-16(19(28)29-2)24-20(30-14)23-15(25)10-9-13-18(27)21-12-8-5-4-7-11(12)17(26)22-13/h4-5,7-8,13H,3,6,9-10H2,1-2H3,(H,21,27)(H,22,26)(H,23,24,25)/t13-/m1/s1. The van der Waals surface area contributed by atoms with Gasteiger partial charge in [0.1, 0.15) is 6.04 Å². The maximum atomic E-state index is 12.4. The van der Waals surface area contributed by atoms with E-state index in [1.54, 1.807) is 24.3 Å². The van der Waals surface area contributed by atoms with Crippen molar-refractivity contribution in [3.05, 3.63) is 40.4 Å². The van der Waals surface area contributed by atoms with Gasteiger partial charge >= 0.3 is 5.97 Å². The van der Waals surface area contributed by atoms with Crippen LogP contribution in [0, 0.1) is 0 Å². The average molecular weight is 430 g/mol. The first-order chi connectivity index (χ1) is 14.4. The van der Waals surface area contributed by atoms with Gasteiger partial charge in [0.25, 0.3) is 5.91 Å². The Morgan fingerprint density at radius 3 is 2.77 bits per heavy atom. The summed E-state index contributed by atoms with van der Waals surface area (Å²) >= 11 is 1.22. The summed E-state index contributed by atoms with van der Waals surface area (Å²) in [5.74, 6) is -1.67. The van der Waals surface area contributed by atoms with E-state index >= 15 is 0 Å². The summed E-state index contributed by atoms with van der Waals surface area (Å²) in [4.78, 5) is 53.9. The molecular weight excluding hydrogens is 408 g/mol. The number of fused-ring (bicyclic) bond motifs is 1. The molecule has 0 unspecified atom stereocenters. The zero-order valence-electron chi connectivity index (χ0n) is 16.6. The van der Waals surface area contributed by atoms with Gasteiger partial charge in [-0.2, -0.15) is 0 Å². The first-order valence-electron chi connectivity index (χ1n) is 9.51. The Labute approximate surface area is 177 Å². The second-order valence-electron chi connectivity index (χ2n) is 6.68. The minimum atomic E-state index is -0.840. The monoisotopic (exact) mass is 430 g/mol. The van der Waals surface area contributed by atoms with E-state index in [-0.39, 0.29) is 36.3 Å². The fourth-order valence-corrected chi connectivity index (χ4v) is 4.10. The number of rotatable bonds is 7. The summed E-state index contributed by atoms with van der Waals surface area (Å²) in [6.07, 6.45) is 1.57. The molecule has 2 aromatic rings. The Morgan fingerprint density at radius 2 is 2.03 bits per heavy atom. The molecule has 30 heavy (non-hydrogen) atoms. The number of benzene rings is 1. The maximum absolute atomic E-state index is 12.4. The van der Waals surface area contributed by atoms with Gasteiger partial charge in [0, 0.05) is 11.3 Å². The molecule has 2 heterocycles. The Balaban J connectivity index is 1.62. The van der Waals surface area contributed by atoms with Gasteiger partial charge in [-0.25, -0.2) is 9.78 Å². The SMILES string of the molecule is CCCc1sc(NC(=O)CC[C@H]2NC(=O)c3ccccc3NC2=O)nc1C(=O)OC. The minimum absolute atomic E-state index is 0.00897. The number of carbonyl (C=O) groups excluding carboxylic acids is 4. The highest BCUT2D eigenvalue weighted by atomic mass is 32.1. The third-order valence-corrected chi connectivity index (χ3v) is 5.54. The van der Waals surface area contributed by atoms with Crippen LogP contribution in [0.1, 0.15) is 51.9 Å². The quantitative estimate of drug-likeness (QED) is 0.579. The highest BCUT2D eigenvalue weighted by Gasteiger charge is 2.28. The molecule has 10 heteroatoms. The van der Waals surface area contributed by atoms with Crippen LogP contribution in [0.25, 0.3) is 0 Å². The zero-order chi connectivity index (χ0) is 21.7. The van der Waals surface area contributed by atoms with Crippen molar-refractivity contribution in [1.82, 2.24) is 10.3 Å². The molecule has 0 saturated carbocycles. The molecule has 3 rings (SSSR count). The summed E-state index contributed by atoms with van der Waals surface area (Å²) in [6.45, 7) is 1.98. The van der Waals surface area contributed by atoms with Crippen LogP contribution >= 0.6 is 11.3 Å². The number of aromatic nitrogens is 1. The Kier molecular flexibility index (Phi) is 6.78. The van der Waals surface area contributed by atoms with Crippen LogP contribution in [-0.2, 0) is 20.7 Å². The van der Waals surface area contributed by atoms with Crippen LogP contribution in [0.3, 0.4) is 0 Å². The predicted octanol–water partition coefficient (Wildman–Crippen LogP) is 2.35. The van der Waals surface area contributed by atoms with Crippen molar-refractivity contribution in [3.8, 4) is 0 Å². The van der Waals surface area contributed by atoms with Crippen LogP contribution in [0.2, 0.25) is 0 Å². The van der Waals surface area contributed by atoms with Gasteiger partial charge < -0.3 is 20.7 Å². The number of hydrogen-bond donors (Lipinski definition) is 3. The Bertz CT molecular complexity index is 987. The van der Waals surface area contributed by atoms with Crippen LogP contribution in [-0.4, -0.2) is 41.8 Å². The van der Waals surface area contributed by atoms with Crippen molar-refractivity contribution in [2.24, 2.45) is 0 Å². The molecule has 0 bridgehead atoms. The largest absolute Gasteiger partial charge is 0.464 e. The summed E-state index contributed by atoms with van der Waals surface area (Å²) in [5, 5.41) is 8.31. The lowest BCUT2D eigenvalue weighted by Gasteiger charge is -2.13. The normalized spacial score (nSPS) is 15.5. The second-order valence-corrected chi connectivity index (χ2v) is 7.76. The molecule has 158 valence electrons. The highest BCUT2D eigenvalue weighted by molar-refractivity contribution is 7.16. The summed E-state index contributed by atoms with van der Waals surface area (Å²) in [6, 6.07) is 5.87. The maximum Gasteiger partial charge on any atom is 0.357 e. The van der Waals surface area contributed by atoms with Gasteiger partial charge in [0.2, 0.25) is 11.8 Å². The number of ether oxygens (including phenoxy) is 1. The first kappa shape index (κ1) is 21.4.